The second-order valence-corrected chi connectivity index (χ2v) is 5.32. The van der Waals surface area contributed by atoms with Gasteiger partial charge < -0.3 is 5.73 Å². The monoisotopic (exact) mass is 280 g/mol. The summed E-state index contributed by atoms with van der Waals surface area (Å²) < 4.78 is 0. The van der Waals surface area contributed by atoms with Gasteiger partial charge in [0.15, 0.2) is 0 Å². The lowest BCUT2D eigenvalue weighted by Crippen LogP contribution is -2.35. The molecule has 1 aromatic carbocycles. The molecule has 1 fully saturated rings. The van der Waals surface area contributed by atoms with Crippen LogP contribution in [0.25, 0.3) is 0 Å². The number of anilines is 2. The van der Waals surface area contributed by atoms with Gasteiger partial charge in [-0.2, -0.15) is 0 Å². The second-order valence-electron chi connectivity index (χ2n) is 4.91. The molecule has 1 heterocycles. The maximum Gasteiger partial charge on any atom is 0.240 e. The van der Waals surface area contributed by atoms with Gasteiger partial charge in [0.2, 0.25) is 11.8 Å². The van der Waals surface area contributed by atoms with Crippen LogP contribution in [0.5, 0.6) is 0 Å². The molecule has 1 aliphatic rings. The van der Waals surface area contributed by atoms with E-state index in [1.54, 1.807) is 18.2 Å². The summed E-state index contributed by atoms with van der Waals surface area (Å²) in [5, 5.41) is 0.360. The number of nitrogens with zero attached hydrogens (tertiary/aromatic N) is 1. The molecule has 0 aromatic heterocycles. The summed E-state index contributed by atoms with van der Waals surface area (Å²) in [6.07, 6.45) is 1.53. The Kier molecular flexibility index (Phi) is 3.54. The van der Waals surface area contributed by atoms with Crippen molar-refractivity contribution in [1.29, 1.82) is 0 Å². The number of rotatable bonds is 3. The molecule has 102 valence electrons. The van der Waals surface area contributed by atoms with Crippen LogP contribution in [-0.2, 0) is 9.59 Å². The molecule has 0 atom stereocenters. The van der Waals surface area contributed by atoms with E-state index in [1.807, 2.05) is 13.8 Å². The first-order valence-electron chi connectivity index (χ1n) is 6.37. The highest BCUT2D eigenvalue weighted by Gasteiger charge is 2.50. The zero-order chi connectivity index (χ0) is 14.2. The molecule has 5 heteroatoms. The van der Waals surface area contributed by atoms with Crippen molar-refractivity contribution in [3.8, 4) is 0 Å². The van der Waals surface area contributed by atoms with Crippen molar-refractivity contribution in [1.82, 2.24) is 0 Å². The lowest BCUT2D eigenvalue weighted by atomic mass is 9.81. The predicted octanol–water partition coefficient (Wildman–Crippen LogP) is 2.99. The Morgan fingerprint density at radius 2 is 1.95 bits per heavy atom. The molecule has 0 spiro atoms. The van der Waals surface area contributed by atoms with E-state index in [9.17, 15) is 9.59 Å². The van der Waals surface area contributed by atoms with Crippen molar-refractivity contribution in [2.24, 2.45) is 5.41 Å². The fourth-order valence-electron chi connectivity index (χ4n) is 2.54. The summed E-state index contributed by atoms with van der Waals surface area (Å²) in [6.45, 7) is 3.86. The van der Waals surface area contributed by atoms with Gasteiger partial charge in [0, 0.05) is 12.1 Å². The minimum atomic E-state index is -0.592. The van der Waals surface area contributed by atoms with Crippen LogP contribution in [0.1, 0.15) is 33.1 Å². The molecule has 2 N–H and O–H groups in total. The molecule has 2 rings (SSSR count). The van der Waals surface area contributed by atoms with Crippen molar-refractivity contribution in [2.75, 3.05) is 10.6 Å². The molecule has 0 saturated carbocycles. The zero-order valence-electron chi connectivity index (χ0n) is 11.1. The predicted molar refractivity (Wildman–Crippen MR) is 76.0 cm³/mol. The fraction of sp³-hybridized carbons (Fsp3) is 0.429. The molecule has 0 bridgehead atoms. The van der Waals surface area contributed by atoms with E-state index in [0.29, 0.717) is 29.2 Å². The Bertz CT molecular complexity index is 538. The smallest absolute Gasteiger partial charge is 0.240 e. The lowest BCUT2D eigenvalue weighted by Gasteiger charge is -2.24. The Labute approximate surface area is 117 Å². The highest BCUT2D eigenvalue weighted by atomic mass is 35.5. The van der Waals surface area contributed by atoms with Crippen molar-refractivity contribution >= 4 is 34.8 Å². The third-order valence-corrected chi connectivity index (χ3v) is 4.28. The zero-order valence-corrected chi connectivity index (χ0v) is 11.8. The topological polar surface area (TPSA) is 63.4 Å². The summed E-state index contributed by atoms with van der Waals surface area (Å²) in [5.41, 5.74) is 5.99. The van der Waals surface area contributed by atoms with E-state index in [4.69, 9.17) is 17.3 Å². The SMILES string of the molecule is CCC1(CC)CC(=O)N(c2cc(N)ccc2Cl)C1=O. The van der Waals surface area contributed by atoms with Gasteiger partial charge in [0.1, 0.15) is 0 Å². The minimum Gasteiger partial charge on any atom is -0.399 e. The minimum absolute atomic E-state index is 0.171. The fourth-order valence-corrected chi connectivity index (χ4v) is 2.74. The third-order valence-electron chi connectivity index (χ3n) is 3.96. The van der Waals surface area contributed by atoms with Gasteiger partial charge in [-0.3, -0.25) is 9.59 Å². The van der Waals surface area contributed by atoms with Crippen molar-refractivity contribution in [3.63, 3.8) is 0 Å². The van der Waals surface area contributed by atoms with Crippen LogP contribution in [0.4, 0.5) is 11.4 Å². The molecule has 19 heavy (non-hydrogen) atoms. The average molecular weight is 281 g/mol. The highest BCUT2D eigenvalue weighted by Crippen LogP contribution is 2.43. The van der Waals surface area contributed by atoms with Crippen LogP contribution >= 0.6 is 11.6 Å². The lowest BCUT2D eigenvalue weighted by molar-refractivity contribution is -0.126. The maximum atomic E-state index is 12.6. The number of halogens is 1. The first-order valence-corrected chi connectivity index (χ1v) is 6.75. The van der Waals surface area contributed by atoms with Gasteiger partial charge in [-0.15, -0.1) is 0 Å². The molecular weight excluding hydrogens is 264 g/mol. The summed E-state index contributed by atoms with van der Waals surface area (Å²) >= 11 is 6.08. The van der Waals surface area contributed by atoms with E-state index in [1.165, 1.54) is 4.90 Å². The van der Waals surface area contributed by atoms with Gasteiger partial charge in [-0.05, 0) is 31.0 Å². The van der Waals surface area contributed by atoms with Crippen LogP contribution in [0.3, 0.4) is 0 Å². The van der Waals surface area contributed by atoms with Crippen LogP contribution in [0.15, 0.2) is 18.2 Å². The molecule has 1 aromatic rings. The molecule has 4 nitrogen and oxygen atoms in total. The first-order chi connectivity index (χ1) is 8.95. The largest absolute Gasteiger partial charge is 0.399 e. The number of imide groups is 1. The van der Waals surface area contributed by atoms with Gasteiger partial charge >= 0.3 is 0 Å². The van der Waals surface area contributed by atoms with E-state index in [-0.39, 0.29) is 18.2 Å². The molecule has 0 unspecified atom stereocenters. The summed E-state index contributed by atoms with van der Waals surface area (Å²) in [5.74, 6) is -0.379. The van der Waals surface area contributed by atoms with E-state index < -0.39 is 5.41 Å². The van der Waals surface area contributed by atoms with E-state index in [0.717, 1.165) is 0 Å². The van der Waals surface area contributed by atoms with Crippen molar-refractivity contribution < 1.29 is 9.59 Å². The summed E-state index contributed by atoms with van der Waals surface area (Å²) in [6, 6.07) is 4.81. The number of carbonyl (C=O) groups is 2. The number of carbonyl (C=O) groups excluding carboxylic acids is 2. The molecular formula is C14H17ClN2O2. The Morgan fingerprint density at radius 1 is 1.32 bits per heavy atom. The van der Waals surface area contributed by atoms with E-state index >= 15 is 0 Å². The van der Waals surface area contributed by atoms with Gasteiger partial charge in [0.25, 0.3) is 0 Å². The standard InChI is InChI=1S/C14H17ClN2O2/c1-3-14(4-2)8-12(18)17(13(14)19)11-7-9(16)5-6-10(11)15/h5-7H,3-4,8,16H2,1-2H3. The van der Waals surface area contributed by atoms with Crippen molar-refractivity contribution in [2.45, 2.75) is 33.1 Å². The molecule has 1 saturated heterocycles. The normalized spacial score (nSPS) is 18.2. The molecule has 2 amide bonds. The second kappa shape index (κ2) is 4.85. The average Bonchev–Trinajstić information content (AvgIpc) is 2.64. The first kappa shape index (κ1) is 13.9. The van der Waals surface area contributed by atoms with Gasteiger partial charge in [0.05, 0.1) is 16.1 Å². The number of hydrogen-bond acceptors (Lipinski definition) is 3. The maximum absolute atomic E-state index is 12.6. The third kappa shape index (κ3) is 2.10. The highest BCUT2D eigenvalue weighted by molar-refractivity contribution is 6.36. The number of nitrogen functional groups attached to an aromatic ring is 1. The number of nitrogens with two attached hydrogens (primary N) is 1. The Balaban J connectivity index is 2.49. The van der Waals surface area contributed by atoms with Gasteiger partial charge in [-0.25, -0.2) is 4.90 Å². The Hall–Kier alpha value is -1.55. The van der Waals surface area contributed by atoms with Crippen LogP contribution in [-0.4, -0.2) is 11.8 Å². The molecule has 0 radical (unpaired) electrons. The molecule has 0 aliphatic carbocycles. The van der Waals surface area contributed by atoms with E-state index in [2.05, 4.69) is 0 Å². The quantitative estimate of drug-likeness (QED) is 0.684. The van der Waals surface area contributed by atoms with Gasteiger partial charge in [-0.1, -0.05) is 25.4 Å². The van der Waals surface area contributed by atoms with Crippen LogP contribution < -0.4 is 10.6 Å². The van der Waals surface area contributed by atoms with Crippen LogP contribution in [0.2, 0.25) is 5.02 Å². The number of benzene rings is 1. The number of hydrogen-bond donors (Lipinski definition) is 1. The van der Waals surface area contributed by atoms with Crippen molar-refractivity contribution in [3.05, 3.63) is 23.2 Å². The van der Waals surface area contributed by atoms with Crippen LogP contribution in [0, 0.1) is 5.41 Å². The molecule has 1 aliphatic heterocycles. The number of amides is 2. The summed E-state index contributed by atoms with van der Waals surface area (Å²) in [7, 11) is 0. The summed E-state index contributed by atoms with van der Waals surface area (Å²) in [4.78, 5) is 25.9. The Morgan fingerprint density at radius 3 is 2.47 bits per heavy atom.